The van der Waals surface area contributed by atoms with Crippen molar-refractivity contribution >= 4 is 88.5 Å². The molecule has 24 rings (SSSR count). The van der Waals surface area contributed by atoms with Gasteiger partial charge in [0.15, 0.2) is 0 Å². The molecule has 0 saturated heterocycles. The molecule has 0 spiro atoms. The van der Waals surface area contributed by atoms with Crippen molar-refractivity contribution in [2.24, 2.45) is 0 Å². The molecule has 115 heavy (non-hydrogen) atoms. The van der Waals surface area contributed by atoms with Crippen LogP contribution in [0.3, 0.4) is 0 Å². The molecule has 3 aromatic heterocycles. The van der Waals surface area contributed by atoms with Gasteiger partial charge in [-0.25, -0.2) is 0 Å². The zero-order chi connectivity index (χ0) is 77.3. The van der Waals surface area contributed by atoms with Gasteiger partial charge in [-0.2, -0.15) is 0 Å². The molecule has 4 heteroatoms. The van der Waals surface area contributed by atoms with Crippen molar-refractivity contribution in [2.75, 3.05) is 4.90 Å². The van der Waals surface area contributed by atoms with Gasteiger partial charge < -0.3 is 18.2 Å². The monoisotopic (exact) mass is 1480 g/mol. The maximum absolute atomic E-state index is 7.34. The van der Waals surface area contributed by atoms with Crippen molar-refractivity contribution in [1.82, 2.24) is 0 Å². The molecule has 0 N–H and O–H groups in total. The van der Waals surface area contributed by atoms with Crippen molar-refractivity contribution in [3.63, 3.8) is 0 Å². The van der Waals surface area contributed by atoms with E-state index in [1.165, 1.54) is 167 Å². The predicted molar refractivity (Wildman–Crippen MR) is 475 cm³/mol. The quantitative estimate of drug-likeness (QED) is 0.152. The lowest BCUT2D eigenvalue weighted by Gasteiger charge is -2.36. The maximum Gasteiger partial charge on any atom is 0.144 e. The number of furan rings is 3. The van der Waals surface area contributed by atoms with E-state index in [-0.39, 0.29) is 10.8 Å². The van der Waals surface area contributed by atoms with Crippen molar-refractivity contribution in [3.8, 4) is 55.6 Å². The Labute approximate surface area is 669 Å². The lowest BCUT2D eigenvalue weighted by Crippen LogP contribution is -2.30. The molecule has 6 aliphatic rings. The third-order valence-electron chi connectivity index (χ3n) is 28.2. The van der Waals surface area contributed by atoms with Crippen LogP contribution in [0.15, 0.2) is 341 Å². The van der Waals surface area contributed by atoms with Gasteiger partial charge in [0.25, 0.3) is 0 Å². The number of fused-ring (bicyclic) bond motifs is 32. The average molecular weight is 1480 g/mol. The summed E-state index contributed by atoms with van der Waals surface area (Å²) in [5.74, 6) is 0. The summed E-state index contributed by atoms with van der Waals surface area (Å²) >= 11 is 0. The standard InChI is InChI=1S/C111H81NO3/c1-11-33-71-80(12-2)106(3,4)100-94(71)96-76-44-27-31-48-89(76)115-105(96)99-74-55-52-68(59-84(74)109(9,10)103(99)100)112(67-51-54-73-83(58-67)108(7,8)101-95(73)97-77-45-28-32-49-90(77)114-104(97)98-72-42-25-29-46-81(72)107(5,6)102(98)101)69-50-53-70-78-61-87-79(62-86(78)111(85(70)60-69,65-38-21-15-22-39-65)66-40-23-16-24-41-66)92-82(56-57-91-93(92)75-43-26-30-47-88(75)113-91)110(87,63-34-17-13-18-35-63)64-36-19-14-20-37-64/h11-62H,1H2,2-10H3/b71-33+,80-12+. The number of rotatable bonds is 8. The molecule has 18 aromatic rings. The van der Waals surface area contributed by atoms with Crippen molar-refractivity contribution in [2.45, 2.75) is 94.8 Å². The third kappa shape index (κ3) is 8.12. The Kier molecular flexibility index (Phi) is 13.1. The molecule has 0 bridgehead atoms. The first-order chi connectivity index (χ1) is 56.0. The summed E-state index contributed by atoms with van der Waals surface area (Å²) in [7, 11) is 0. The topological polar surface area (TPSA) is 42.7 Å². The van der Waals surface area contributed by atoms with Crippen LogP contribution in [0.25, 0.3) is 127 Å². The lowest BCUT2D eigenvalue weighted by molar-refractivity contribution is 0.599. The van der Waals surface area contributed by atoms with Crippen molar-refractivity contribution < 1.29 is 13.3 Å². The summed E-state index contributed by atoms with van der Waals surface area (Å²) in [5.41, 5.74) is 40.4. The van der Waals surface area contributed by atoms with E-state index in [4.69, 9.17) is 13.3 Å². The second-order valence-corrected chi connectivity index (χ2v) is 35.1. The highest BCUT2D eigenvalue weighted by Crippen LogP contribution is 2.69. The third-order valence-corrected chi connectivity index (χ3v) is 28.2. The molecule has 0 unspecified atom stereocenters. The molecular formula is C111H81NO3. The predicted octanol–water partition coefficient (Wildman–Crippen LogP) is 29.3. The van der Waals surface area contributed by atoms with Crippen LogP contribution in [0.2, 0.25) is 0 Å². The van der Waals surface area contributed by atoms with Crippen molar-refractivity contribution in [3.05, 3.63) is 417 Å². The molecule has 548 valence electrons. The van der Waals surface area contributed by atoms with Crippen LogP contribution in [-0.2, 0) is 32.5 Å². The van der Waals surface area contributed by atoms with E-state index in [1.54, 1.807) is 0 Å². The number of hydrogen-bond acceptors (Lipinski definition) is 4. The van der Waals surface area contributed by atoms with Gasteiger partial charge >= 0.3 is 0 Å². The molecular weight excluding hydrogens is 1400 g/mol. The van der Waals surface area contributed by atoms with E-state index in [1.807, 2.05) is 6.08 Å². The fraction of sp³-hybridized carbons (Fsp3) is 0.135. The van der Waals surface area contributed by atoms with Gasteiger partial charge in [-0.1, -0.05) is 305 Å². The minimum absolute atomic E-state index is 0.326. The van der Waals surface area contributed by atoms with E-state index in [9.17, 15) is 0 Å². The number of hydrogen-bond donors (Lipinski definition) is 0. The van der Waals surface area contributed by atoms with E-state index >= 15 is 0 Å². The number of anilines is 3. The van der Waals surface area contributed by atoms with Gasteiger partial charge in [0, 0.05) is 82.2 Å². The van der Waals surface area contributed by atoms with Gasteiger partial charge in [0.05, 0.1) is 10.8 Å². The summed E-state index contributed by atoms with van der Waals surface area (Å²) < 4.78 is 21.5. The highest BCUT2D eigenvalue weighted by atomic mass is 16.3. The molecule has 6 aliphatic carbocycles. The Morgan fingerprint density at radius 2 is 0.678 bits per heavy atom. The zero-order valence-electron chi connectivity index (χ0n) is 65.9. The smallest absolute Gasteiger partial charge is 0.144 e. The molecule has 15 aromatic carbocycles. The summed E-state index contributed by atoms with van der Waals surface area (Å²) in [6.45, 7) is 26.2. The van der Waals surface area contributed by atoms with Gasteiger partial charge in [-0.15, -0.1) is 0 Å². The molecule has 0 amide bonds. The van der Waals surface area contributed by atoms with Gasteiger partial charge in [0.1, 0.15) is 33.5 Å². The Balaban J connectivity index is 0.795. The Hall–Kier alpha value is -13.3. The molecule has 0 aliphatic heterocycles. The number of benzene rings is 15. The normalized spacial score (nSPS) is 17.1. The second-order valence-electron chi connectivity index (χ2n) is 35.1. The second kappa shape index (κ2) is 22.8. The Morgan fingerprint density at radius 3 is 1.21 bits per heavy atom. The first kappa shape index (κ1) is 66.3. The van der Waals surface area contributed by atoms with E-state index in [0.717, 1.165) is 72.1 Å². The van der Waals surface area contributed by atoms with E-state index in [0.29, 0.717) is 0 Å². The largest absolute Gasteiger partial charge is 0.456 e. The zero-order valence-corrected chi connectivity index (χ0v) is 65.9. The Morgan fingerprint density at radius 1 is 0.287 bits per heavy atom. The number of nitrogens with zero attached hydrogens (tertiary/aromatic N) is 1. The Bertz CT molecular complexity index is 7390. The van der Waals surface area contributed by atoms with Gasteiger partial charge in [0.2, 0.25) is 0 Å². The minimum Gasteiger partial charge on any atom is -0.456 e. The van der Waals surface area contributed by atoms with Crippen molar-refractivity contribution in [1.29, 1.82) is 0 Å². The van der Waals surface area contributed by atoms with Crippen LogP contribution < -0.4 is 4.90 Å². The molecule has 0 fully saturated rings. The fourth-order valence-corrected chi connectivity index (χ4v) is 23.7. The molecule has 3 heterocycles. The minimum atomic E-state index is -0.844. The summed E-state index contributed by atoms with van der Waals surface area (Å²) in [6.07, 6.45) is 6.53. The number of para-hydroxylation sites is 3. The maximum atomic E-state index is 7.34. The van der Waals surface area contributed by atoms with Crippen LogP contribution >= 0.6 is 0 Å². The molecule has 0 radical (unpaired) electrons. The first-order valence-corrected chi connectivity index (χ1v) is 40.8. The molecule has 0 atom stereocenters. The van der Waals surface area contributed by atoms with Crippen LogP contribution in [-0.4, -0.2) is 0 Å². The first-order valence-electron chi connectivity index (χ1n) is 40.8. The molecule has 0 saturated carbocycles. The summed E-state index contributed by atoms with van der Waals surface area (Å²) in [6, 6.07) is 113. The lowest BCUT2D eigenvalue weighted by atomic mass is 9.66. The SMILES string of the molecule is C=C/C=C1\C(=C/C)C(C)(C)c2c3c(c4oc5ccccc5c4c21)-c1ccc(N(c2ccc4c(c2)C(C)(C)c2c5c(c6oc7ccccc7c6c2-4)-c2ccccc2C5(C)C)c2ccc4c(c2)C(c2ccccc2)(c2ccccc2)c2cc5c(cc2-4)C(c2ccccc2)(c2ccccc2)c2ccc4oc6ccccc6c4c2-5)cc1C3(C)C. The molecule has 4 nitrogen and oxygen atoms in total. The highest BCUT2D eigenvalue weighted by molar-refractivity contribution is 6.23. The van der Waals surface area contributed by atoms with Crippen LogP contribution in [0.4, 0.5) is 17.1 Å². The summed E-state index contributed by atoms with van der Waals surface area (Å²) in [4.78, 5) is 2.61. The van der Waals surface area contributed by atoms with Gasteiger partial charge in [-0.05, 0) is 224 Å². The van der Waals surface area contributed by atoms with Crippen LogP contribution in [0, 0.1) is 0 Å². The summed E-state index contributed by atoms with van der Waals surface area (Å²) in [5, 5.41) is 6.86. The fourth-order valence-electron chi connectivity index (χ4n) is 23.7. The van der Waals surface area contributed by atoms with E-state index in [2.05, 4.69) is 383 Å². The van der Waals surface area contributed by atoms with Gasteiger partial charge in [-0.3, -0.25) is 0 Å². The highest BCUT2D eigenvalue weighted by Gasteiger charge is 2.55. The average Bonchev–Trinajstić information content (AvgIpc) is 1.51. The van der Waals surface area contributed by atoms with E-state index < -0.39 is 21.7 Å². The van der Waals surface area contributed by atoms with Crippen LogP contribution in [0.1, 0.15) is 151 Å². The van der Waals surface area contributed by atoms with Crippen LogP contribution in [0.5, 0.6) is 0 Å². The number of allylic oxidation sites excluding steroid dienone is 5.